The summed E-state index contributed by atoms with van der Waals surface area (Å²) in [7, 11) is 0. The second-order valence-corrected chi connectivity index (χ2v) is 8.49. The second kappa shape index (κ2) is 8.29. The highest BCUT2D eigenvalue weighted by Crippen LogP contribution is 2.36. The van der Waals surface area contributed by atoms with Gasteiger partial charge in [0.05, 0.1) is 5.57 Å². The molecule has 146 valence electrons. The fourth-order valence-electron chi connectivity index (χ4n) is 3.80. The number of aryl methyl sites for hydroxylation is 1. The van der Waals surface area contributed by atoms with E-state index < -0.39 is 0 Å². The molecule has 3 N–H and O–H groups in total. The molecule has 0 radical (unpaired) electrons. The van der Waals surface area contributed by atoms with Crippen LogP contribution in [0.4, 0.5) is 11.4 Å². The molecule has 1 aromatic heterocycles. The van der Waals surface area contributed by atoms with E-state index in [2.05, 4.69) is 16.0 Å². The lowest BCUT2D eigenvalue weighted by atomic mass is 9.94. The molecule has 4 rings (SSSR count). The van der Waals surface area contributed by atoms with Crippen molar-refractivity contribution in [2.75, 3.05) is 23.7 Å². The van der Waals surface area contributed by atoms with Gasteiger partial charge in [-0.1, -0.05) is 0 Å². The monoisotopic (exact) mass is 395 g/mol. The lowest BCUT2D eigenvalue weighted by molar-refractivity contribution is -0.116. The maximum absolute atomic E-state index is 12.4. The molecule has 0 aliphatic carbocycles. The highest BCUT2D eigenvalue weighted by molar-refractivity contribution is 7.11. The second-order valence-electron chi connectivity index (χ2n) is 7.54. The van der Waals surface area contributed by atoms with E-state index in [1.54, 1.807) is 11.3 Å². The summed E-state index contributed by atoms with van der Waals surface area (Å²) in [6.45, 7) is 4.14. The van der Waals surface area contributed by atoms with Crippen molar-refractivity contribution in [3.05, 3.63) is 45.6 Å². The fourth-order valence-corrected chi connectivity index (χ4v) is 4.66. The zero-order chi connectivity index (χ0) is 19.5. The van der Waals surface area contributed by atoms with Gasteiger partial charge in [-0.25, -0.2) is 0 Å². The first-order valence-corrected chi connectivity index (χ1v) is 10.7. The number of rotatable bonds is 5. The van der Waals surface area contributed by atoms with Gasteiger partial charge in [-0.2, -0.15) is 0 Å². The minimum Gasteiger partial charge on any atom is -0.326 e. The first-order valence-electron chi connectivity index (χ1n) is 9.82. The molecule has 1 atom stereocenters. The zero-order valence-corrected chi connectivity index (χ0v) is 16.8. The van der Waals surface area contributed by atoms with Gasteiger partial charge in [0.2, 0.25) is 5.91 Å². The van der Waals surface area contributed by atoms with E-state index in [9.17, 15) is 9.59 Å². The summed E-state index contributed by atoms with van der Waals surface area (Å²) in [5, 5.41) is 11.3. The summed E-state index contributed by atoms with van der Waals surface area (Å²) in [5.41, 5.74) is 4.16. The first kappa shape index (κ1) is 18.9. The number of thiophene rings is 1. The summed E-state index contributed by atoms with van der Waals surface area (Å²) >= 11 is 1.62. The number of piperidine rings is 1. The van der Waals surface area contributed by atoms with E-state index in [4.69, 9.17) is 0 Å². The van der Waals surface area contributed by atoms with Gasteiger partial charge in [0.1, 0.15) is 0 Å². The molecular weight excluding hydrogens is 370 g/mol. The molecule has 1 aromatic carbocycles. The van der Waals surface area contributed by atoms with Gasteiger partial charge in [-0.15, -0.1) is 11.3 Å². The molecule has 2 aliphatic rings. The van der Waals surface area contributed by atoms with Crippen molar-refractivity contribution in [1.82, 2.24) is 5.32 Å². The molecule has 0 bridgehead atoms. The molecule has 2 aromatic rings. The molecule has 6 heteroatoms. The average molecular weight is 396 g/mol. The minimum absolute atomic E-state index is 0.0300. The molecule has 0 spiro atoms. The molecule has 2 aliphatic heterocycles. The lowest BCUT2D eigenvalue weighted by Gasteiger charge is -2.22. The number of fused-ring (bicyclic) bond motifs is 1. The van der Waals surface area contributed by atoms with Gasteiger partial charge in [0.15, 0.2) is 0 Å². The molecule has 3 heterocycles. The van der Waals surface area contributed by atoms with E-state index in [-0.39, 0.29) is 11.8 Å². The Bertz CT molecular complexity index is 926. The van der Waals surface area contributed by atoms with Crippen molar-refractivity contribution >= 4 is 46.2 Å². The Morgan fingerprint density at radius 1 is 1.36 bits per heavy atom. The van der Waals surface area contributed by atoms with E-state index in [1.165, 1.54) is 12.8 Å². The van der Waals surface area contributed by atoms with E-state index in [0.29, 0.717) is 17.9 Å². The van der Waals surface area contributed by atoms with Crippen LogP contribution in [0.25, 0.3) is 11.6 Å². The van der Waals surface area contributed by atoms with Crippen LogP contribution < -0.4 is 16.0 Å². The number of anilines is 2. The van der Waals surface area contributed by atoms with Crippen LogP contribution in [0.1, 0.15) is 41.7 Å². The molecule has 1 unspecified atom stereocenters. The highest BCUT2D eigenvalue weighted by Gasteiger charge is 2.25. The summed E-state index contributed by atoms with van der Waals surface area (Å²) < 4.78 is 0. The van der Waals surface area contributed by atoms with Crippen molar-refractivity contribution in [2.24, 2.45) is 5.92 Å². The van der Waals surface area contributed by atoms with Gasteiger partial charge in [-0.05, 0) is 86.5 Å². The number of benzene rings is 1. The first-order chi connectivity index (χ1) is 13.6. The number of hydrogen-bond donors (Lipinski definition) is 3. The van der Waals surface area contributed by atoms with E-state index in [1.807, 2.05) is 42.6 Å². The predicted octanol–water partition coefficient (Wildman–Crippen LogP) is 4.27. The van der Waals surface area contributed by atoms with Crippen LogP contribution >= 0.6 is 11.3 Å². The van der Waals surface area contributed by atoms with Gasteiger partial charge in [-0.3, -0.25) is 9.59 Å². The van der Waals surface area contributed by atoms with Crippen molar-refractivity contribution in [2.45, 2.75) is 32.6 Å². The van der Waals surface area contributed by atoms with Gasteiger partial charge in [0.25, 0.3) is 5.91 Å². The quantitative estimate of drug-likeness (QED) is 0.662. The molecule has 1 saturated heterocycles. The van der Waals surface area contributed by atoms with Crippen LogP contribution in [0.3, 0.4) is 0 Å². The Balaban J connectivity index is 1.46. The third-order valence-electron chi connectivity index (χ3n) is 5.44. The topological polar surface area (TPSA) is 70.2 Å². The Kier molecular flexibility index (Phi) is 5.59. The van der Waals surface area contributed by atoms with Crippen LogP contribution in [0.2, 0.25) is 0 Å². The molecule has 5 nitrogen and oxygen atoms in total. The highest BCUT2D eigenvalue weighted by atomic mass is 32.1. The normalized spacial score (nSPS) is 20.1. The third-order valence-corrected chi connectivity index (χ3v) is 6.41. The van der Waals surface area contributed by atoms with Crippen LogP contribution in [0.5, 0.6) is 0 Å². The number of nitrogens with one attached hydrogen (secondary N) is 3. The molecule has 2 amide bonds. The SMILES string of the molecule is Cc1ccsc1C=C1C(=O)Nc2ccc(NC(=O)CCC3CCCNC3)cc21. The number of hydrogen-bond acceptors (Lipinski definition) is 4. The molecule has 0 saturated carbocycles. The van der Waals surface area contributed by atoms with Crippen LogP contribution in [-0.2, 0) is 9.59 Å². The summed E-state index contributed by atoms with van der Waals surface area (Å²) in [5.74, 6) is 0.517. The number of carbonyl (C=O) groups is 2. The van der Waals surface area contributed by atoms with E-state index in [0.717, 1.165) is 46.9 Å². The Labute approximate surface area is 169 Å². The van der Waals surface area contributed by atoms with Crippen LogP contribution in [-0.4, -0.2) is 24.9 Å². The lowest BCUT2D eigenvalue weighted by Crippen LogP contribution is -2.30. The zero-order valence-electron chi connectivity index (χ0n) is 16.0. The van der Waals surface area contributed by atoms with Crippen molar-refractivity contribution < 1.29 is 9.59 Å². The Morgan fingerprint density at radius 3 is 3.00 bits per heavy atom. The number of carbonyl (C=O) groups excluding carboxylic acids is 2. The van der Waals surface area contributed by atoms with Crippen molar-refractivity contribution in [3.63, 3.8) is 0 Å². The summed E-state index contributed by atoms with van der Waals surface area (Å²) in [6.07, 6.45) is 5.76. The Morgan fingerprint density at radius 2 is 2.25 bits per heavy atom. The van der Waals surface area contributed by atoms with E-state index >= 15 is 0 Å². The maximum atomic E-state index is 12.4. The fraction of sp³-hybridized carbons (Fsp3) is 0.364. The smallest absolute Gasteiger partial charge is 0.256 e. The average Bonchev–Trinajstić information content (AvgIpc) is 3.24. The molecular formula is C22H25N3O2S. The van der Waals surface area contributed by atoms with Gasteiger partial charge in [0, 0.05) is 28.2 Å². The summed E-state index contributed by atoms with van der Waals surface area (Å²) in [4.78, 5) is 25.9. The van der Waals surface area contributed by atoms with Crippen molar-refractivity contribution in [1.29, 1.82) is 0 Å². The largest absolute Gasteiger partial charge is 0.326 e. The standard InChI is InChI=1S/C22H25N3O2S/c1-14-8-10-28-20(14)12-18-17-11-16(5-6-19(17)25-22(18)27)24-21(26)7-4-15-3-2-9-23-13-15/h5-6,8,10-12,15,23H,2-4,7,9,13H2,1H3,(H,24,26)(H,25,27). The summed E-state index contributed by atoms with van der Waals surface area (Å²) in [6, 6.07) is 7.64. The third kappa shape index (κ3) is 4.18. The predicted molar refractivity (Wildman–Crippen MR) is 115 cm³/mol. The van der Waals surface area contributed by atoms with Crippen LogP contribution in [0.15, 0.2) is 29.6 Å². The minimum atomic E-state index is -0.101. The Hall–Kier alpha value is -2.44. The van der Waals surface area contributed by atoms with Crippen molar-refractivity contribution in [3.8, 4) is 0 Å². The van der Waals surface area contributed by atoms with Gasteiger partial charge >= 0.3 is 0 Å². The molecule has 1 fully saturated rings. The molecule has 28 heavy (non-hydrogen) atoms. The maximum Gasteiger partial charge on any atom is 0.256 e. The van der Waals surface area contributed by atoms with Crippen LogP contribution in [0, 0.1) is 12.8 Å². The van der Waals surface area contributed by atoms with Gasteiger partial charge < -0.3 is 16.0 Å². The number of amides is 2.